The molecule has 0 radical (unpaired) electrons. The topological polar surface area (TPSA) is 57.2 Å². The molecule has 0 aromatic carbocycles. The maximum atomic E-state index is 12.6. The first kappa shape index (κ1) is 16.3. The van der Waals surface area contributed by atoms with Crippen molar-refractivity contribution < 1.29 is 13.2 Å². The molecule has 0 unspecified atom stereocenters. The third-order valence-electron chi connectivity index (χ3n) is 3.91. The molecule has 2 aromatic rings. The van der Waals surface area contributed by atoms with Crippen LogP contribution in [0.2, 0.25) is 0 Å². The third kappa shape index (κ3) is 3.50. The summed E-state index contributed by atoms with van der Waals surface area (Å²) in [5.74, 6) is 2.13. The maximum absolute atomic E-state index is 12.6. The number of hydrogen-bond acceptors (Lipinski definition) is 6. The van der Waals surface area contributed by atoms with Crippen LogP contribution in [-0.2, 0) is 6.18 Å². The molecule has 2 aromatic heterocycles. The van der Waals surface area contributed by atoms with E-state index in [4.69, 9.17) is 0 Å². The number of piperazine rings is 1. The Balaban J connectivity index is 1.64. The number of anilines is 3. The van der Waals surface area contributed by atoms with Crippen molar-refractivity contribution in [2.75, 3.05) is 48.3 Å². The van der Waals surface area contributed by atoms with Crippen molar-refractivity contribution in [3.8, 4) is 0 Å². The summed E-state index contributed by atoms with van der Waals surface area (Å²) in [5.41, 5.74) is -0.731. The molecule has 0 amide bonds. The standard InChI is InChI=1S/C15H17F3N6/c1-19-12-8-14(22-10-21-12)24-6-4-23(5-7-24)13-3-2-11(9-20-13)15(16,17)18/h2-3,8-10H,4-7H2,1H3,(H,19,21,22). The predicted octanol–water partition coefficient (Wildman–Crippen LogP) is 2.26. The number of nitrogens with zero attached hydrogens (tertiary/aromatic N) is 5. The largest absolute Gasteiger partial charge is 0.417 e. The molecule has 1 fully saturated rings. The van der Waals surface area contributed by atoms with Crippen LogP contribution in [0.25, 0.3) is 0 Å². The van der Waals surface area contributed by atoms with Gasteiger partial charge in [0.05, 0.1) is 5.56 Å². The Morgan fingerprint density at radius 1 is 0.958 bits per heavy atom. The van der Waals surface area contributed by atoms with Crippen LogP contribution in [0.15, 0.2) is 30.7 Å². The van der Waals surface area contributed by atoms with Gasteiger partial charge in [-0.2, -0.15) is 13.2 Å². The smallest absolute Gasteiger partial charge is 0.373 e. The lowest BCUT2D eigenvalue weighted by Gasteiger charge is -2.36. The van der Waals surface area contributed by atoms with Crippen molar-refractivity contribution in [1.29, 1.82) is 0 Å². The van der Waals surface area contributed by atoms with Gasteiger partial charge in [0.2, 0.25) is 0 Å². The highest BCUT2D eigenvalue weighted by atomic mass is 19.4. The highest BCUT2D eigenvalue weighted by molar-refractivity contribution is 5.50. The van der Waals surface area contributed by atoms with Crippen LogP contribution < -0.4 is 15.1 Å². The molecule has 9 heteroatoms. The van der Waals surface area contributed by atoms with Gasteiger partial charge in [0, 0.05) is 45.5 Å². The van der Waals surface area contributed by atoms with Crippen molar-refractivity contribution in [3.05, 3.63) is 36.3 Å². The van der Waals surface area contributed by atoms with Crippen LogP contribution in [0.1, 0.15) is 5.56 Å². The summed E-state index contributed by atoms with van der Waals surface area (Å²) < 4.78 is 37.8. The summed E-state index contributed by atoms with van der Waals surface area (Å²) in [6, 6.07) is 4.35. The fourth-order valence-electron chi connectivity index (χ4n) is 2.56. The molecule has 1 aliphatic rings. The van der Waals surface area contributed by atoms with Crippen LogP contribution in [0, 0.1) is 0 Å². The molecule has 24 heavy (non-hydrogen) atoms. The quantitative estimate of drug-likeness (QED) is 0.926. The number of nitrogens with one attached hydrogen (secondary N) is 1. The number of alkyl halides is 3. The normalized spacial score (nSPS) is 15.5. The molecule has 3 heterocycles. The molecular formula is C15H17F3N6. The van der Waals surface area contributed by atoms with Gasteiger partial charge in [-0.1, -0.05) is 0 Å². The van der Waals surface area contributed by atoms with Crippen molar-refractivity contribution >= 4 is 17.5 Å². The van der Waals surface area contributed by atoms with E-state index < -0.39 is 11.7 Å². The van der Waals surface area contributed by atoms with Gasteiger partial charge in [-0.3, -0.25) is 0 Å². The molecule has 3 rings (SSSR count). The fourth-order valence-corrected chi connectivity index (χ4v) is 2.56. The first-order valence-electron chi connectivity index (χ1n) is 7.50. The number of aromatic nitrogens is 3. The van der Waals surface area contributed by atoms with E-state index in [9.17, 15) is 13.2 Å². The summed E-state index contributed by atoms with van der Waals surface area (Å²) in [4.78, 5) is 16.4. The highest BCUT2D eigenvalue weighted by Crippen LogP contribution is 2.29. The molecule has 6 nitrogen and oxygen atoms in total. The molecule has 1 aliphatic heterocycles. The Bertz CT molecular complexity index is 680. The second-order valence-corrected chi connectivity index (χ2v) is 5.39. The zero-order chi connectivity index (χ0) is 17.2. The Hall–Kier alpha value is -2.58. The van der Waals surface area contributed by atoms with Gasteiger partial charge in [0.15, 0.2) is 0 Å². The van der Waals surface area contributed by atoms with Gasteiger partial charge in [-0.25, -0.2) is 15.0 Å². The Morgan fingerprint density at radius 2 is 1.62 bits per heavy atom. The van der Waals surface area contributed by atoms with E-state index in [1.54, 1.807) is 7.05 Å². The van der Waals surface area contributed by atoms with Crippen LogP contribution in [0.3, 0.4) is 0 Å². The van der Waals surface area contributed by atoms with Crippen LogP contribution in [-0.4, -0.2) is 48.2 Å². The number of pyridine rings is 1. The van der Waals surface area contributed by atoms with E-state index >= 15 is 0 Å². The fraction of sp³-hybridized carbons (Fsp3) is 0.400. The van der Waals surface area contributed by atoms with Crippen LogP contribution in [0.4, 0.5) is 30.6 Å². The van der Waals surface area contributed by atoms with Crippen molar-refractivity contribution in [1.82, 2.24) is 15.0 Å². The van der Waals surface area contributed by atoms with Gasteiger partial charge in [-0.15, -0.1) is 0 Å². The van der Waals surface area contributed by atoms with E-state index in [1.807, 2.05) is 11.0 Å². The summed E-state index contributed by atoms with van der Waals surface area (Å²) in [6.45, 7) is 2.75. The lowest BCUT2D eigenvalue weighted by Crippen LogP contribution is -2.47. The van der Waals surface area contributed by atoms with Gasteiger partial charge < -0.3 is 15.1 Å². The lowest BCUT2D eigenvalue weighted by atomic mass is 10.2. The molecule has 0 aliphatic carbocycles. The highest BCUT2D eigenvalue weighted by Gasteiger charge is 2.31. The molecule has 0 bridgehead atoms. The molecule has 1 saturated heterocycles. The second kappa shape index (κ2) is 6.50. The van der Waals surface area contributed by atoms with Crippen molar-refractivity contribution in [2.45, 2.75) is 6.18 Å². The number of rotatable bonds is 3. The van der Waals surface area contributed by atoms with Crippen LogP contribution >= 0.6 is 0 Å². The van der Waals surface area contributed by atoms with E-state index in [0.29, 0.717) is 32.0 Å². The SMILES string of the molecule is CNc1cc(N2CCN(c3ccc(C(F)(F)F)cn3)CC2)ncn1. The van der Waals surface area contributed by atoms with Gasteiger partial charge >= 0.3 is 6.18 Å². The molecule has 128 valence electrons. The van der Waals surface area contributed by atoms with E-state index in [1.165, 1.54) is 12.4 Å². The summed E-state index contributed by atoms with van der Waals surface area (Å²) in [6.07, 6.45) is -1.97. The van der Waals surface area contributed by atoms with Gasteiger partial charge in [0.25, 0.3) is 0 Å². The Kier molecular flexibility index (Phi) is 4.41. The third-order valence-corrected chi connectivity index (χ3v) is 3.91. The molecule has 1 N–H and O–H groups in total. The zero-order valence-corrected chi connectivity index (χ0v) is 13.1. The first-order chi connectivity index (χ1) is 11.5. The molecule has 0 spiro atoms. The minimum absolute atomic E-state index is 0.557. The lowest BCUT2D eigenvalue weighted by molar-refractivity contribution is -0.137. The van der Waals surface area contributed by atoms with Crippen LogP contribution in [0.5, 0.6) is 0 Å². The number of hydrogen-bond donors (Lipinski definition) is 1. The molecule has 0 atom stereocenters. The minimum atomic E-state index is -4.36. The maximum Gasteiger partial charge on any atom is 0.417 e. The van der Waals surface area contributed by atoms with E-state index in [-0.39, 0.29) is 0 Å². The van der Waals surface area contributed by atoms with Crippen molar-refractivity contribution in [3.63, 3.8) is 0 Å². The average molecular weight is 338 g/mol. The van der Waals surface area contributed by atoms with Crippen molar-refractivity contribution in [2.24, 2.45) is 0 Å². The summed E-state index contributed by atoms with van der Waals surface area (Å²) in [7, 11) is 1.79. The second-order valence-electron chi connectivity index (χ2n) is 5.39. The zero-order valence-electron chi connectivity index (χ0n) is 13.1. The van der Waals surface area contributed by atoms with E-state index in [0.717, 1.165) is 23.9 Å². The molecular weight excluding hydrogens is 321 g/mol. The summed E-state index contributed by atoms with van der Waals surface area (Å²) in [5, 5.41) is 2.97. The molecule has 0 saturated carbocycles. The summed E-state index contributed by atoms with van der Waals surface area (Å²) >= 11 is 0. The first-order valence-corrected chi connectivity index (χ1v) is 7.50. The van der Waals surface area contributed by atoms with Gasteiger partial charge in [0.1, 0.15) is 23.8 Å². The Labute approximate surface area is 137 Å². The van der Waals surface area contributed by atoms with Gasteiger partial charge in [-0.05, 0) is 12.1 Å². The number of halogens is 3. The average Bonchev–Trinajstić information content (AvgIpc) is 2.61. The monoisotopic (exact) mass is 338 g/mol. The van der Waals surface area contributed by atoms with E-state index in [2.05, 4.69) is 25.2 Å². The minimum Gasteiger partial charge on any atom is -0.373 e. The predicted molar refractivity (Wildman–Crippen MR) is 85.2 cm³/mol. The Morgan fingerprint density at radius 3 is 2.17 bits per heavy atom.